The number of nitrogens with zero attached hydrogens (tertiary/aromatic N) is 1. The number of rotatable bonds is 7. The first-order valence-corrected chi connectivity index (χ1v) is 10.9. The normalized spacial score (nSPS) is 19.5. The average Bonchev–Trinajstić information content (AvgIpc) is 3.22. The number of β-amino-alcohol motifs (C(OH)–C–C–N with tert-alkyl or cyclic N) is 1. The number of aryl methyl sites for hydroxylation is 1. The highest BCUT2D eigenvalue weighted by molar-refractivity contribution is 6.03. The molecule has 1 unspecified atom stereocenters. The van der Waals surface area contributed by atoms with Gasteiger partial charge in [0.2, 0.25) is 5.91 Å². The molecule has 9 heteroatoms. The molecule has 2 aliphatic rings. The van der Waals surface area contributed by atoms with Gasteiger partial charge in [-0.3, -0.25) is 14.5 Å². The Kier molecular flexibility index (Phi) is 6.59. The number of benzene rings is 1. The third-order valence-corrected chi connectivity index (χ3v) is 6.21. The van der Waals surface area contributed by atoms with Crippen molar-refractivity contribution in [2.45, 2.75) is 32.3 Å². The first kappa shape index (κ1) is 22.4. The lowest BCUT2D eigenvalue weighted by atomic mass is 9.94. The van der Waals surface area contributed by atoms with Gasteiger partial charge < -0.3 is 25.5 Å². The molecule has 3 heterocycles. The number of carbonyl (C=O) groups is 2. The molecular weight excluding hydrogens is 415 g/mol. The van der Waals surface area contributed by atoms with Crippen LogP contribution in [0.1, 0.15) is 38.8 Å². The summed E-state index contributed by atoms with van der Waals surface area (Å²) < 4.78 is 19.0. The maximum atomic E-state index is 13.7. The monoisotopic (exact) mass is 444 g/mol. The quantitative estimate of drug-likeness (QED) is 0.518. The van der Waals surface area contributed by atoms with Gasteiger partial charge in [-0.2, -0.15) is 0 Å². The van der Waals surface area contributed by atoms with E-state index in [1.807, 2.05) is 6.92 Å². The first-order valence-electron chi connectivity index (χ1n) is 10.9. The maximum Gasteiger partial charge on any atom is 0.253 e. The summed E-state index contributed by atoms with van der Waals surface area (Å²) in [6, 6.07) is 4.27. The van der Waals surface area contributed by atoms with Crippen molar-refractivity contribution >= 4 is 17.5 Å². The summed E-state index contributed by atoms with van der Waals surface area (Å²) in [6.07, 6.45) is -0.341. The Balaban J connectivity index is 1.41. The molecule has 1 saturated heterocycles. The van der Waals surface area contributed by atoms with Crippen LogP contribution in [0.2, 0.25) is 0 Å². The number of aliphatic hydroxyl groups is 1. The van der Waals surface area contributed by atoms with Gasteiger partial charge in [0.15, 0.2) is 0 Å². The van der Waals surface area contributed by atoms with Crippen LogP contribution >= 0.6 is 0 Å². The molecule has 2 aromatic rings. The minimum atomic E-state index is -0.676. The molecule has 4 rings (SSSR count). The zero-order valence-corrected chi connectivity index (χ0v) is 18.3. The highest BCUT2D eigenvalue weighted by Crippen LogP contribution is 2.36. The Morgan fingerprint density at radius 3 is 2.84 bits per heavy atom. The van der Waals surface area contributed by atoms with Crippen molar-refractivity contribution in [3.63, 3.8) is 0 Å². The fourth-order valence-electron chi connectivity index (χ4n) is 4.51. The first-order chi connectivity index (χ1) is 15.3. The van der Waals surface area contributed by atoms with Crippen LogP contribution in [-0.4, -0.2) is 72.3 Å². The van der Waals surface area contributed by atoms with Crippen LogP contribution in [0.15, 0.2) is 18.2 Å². The molecule has 2 amide bonds. The van der Waals surface area contributed by atoms with Gasteiger partial charge in [0, 0.05) is 49.7 Å². The molecule has 1 fully saturated rings. The molecule has 0 radical (unpaired) electrons. The van der Waals surface area contributed by atoms with Crippen LogP contribution in [0.3, 0.4) is 0 Å². The van der Waals surface area contributed by atoms with E-state index >= 15 is 0 Å². The highest BCUT2D eigenvalue weighted by Gasteiger charge is 2.32. The van der Waals surface area contributed by atoms with E-state index in [-0.39, 0.29) is 24.2 Å². The fourth-order valence-corrected chi connectivity index (χ4v) is 4.51. The molecule has 32 heavy (non-hydrogen) atoms. The molecule has 8 nitrogen and oxygen atoms in total. The van der Waals surface area contributed by atoms with E-state index in [1.165, 1.54) is 12.1 Å². The van der Waals surface area contributed by atoms with E-state index in [0.29, 0.717) is 48.7 Å². The predicted molar refractivity (Wildman–Crippen MR) is 117 cm³/mol. The summed E-state index contributed by atoms with van der Waals surface area (Å²) in [5.74, 6) is -1.37. The number of amides is 2. The molecule has 1 aromatic carbocycles. The van der Waals surface area contributed by atoms with Crippen LogP contribution in [0.4, 0.5) is 10.1 Å². The second kappa shape index (κ2) is 9.40. The van der Waals surface area contributed by atoms with E-state index in [0.717, 1.165) is 24.3 Å². The van der Waals surface area contributed by atoms with Crippen LogP contribution in [0.5, 0.6) is 0 Å². The molecule has 2 aliphatic heterocycles. The van der Waals surface area contributed by atoms with Gasteiger partial charge in [0.05, 0.1) is 30.8 Å². The van der Waals surface area contributed by atoms with E-state index in [1.54, 1.807) is 13.0 Å². The number of H-pyrrole nitrogens is 1. The number of ether oxygens (including phenoxy) is 1. The van der Waals surface area contributed by atoms with E-state index in [2.05, 4.69) is 20.5 Å². The summed E-state index contributed by atoms with van der Waals surface area (Å²) in [5.41, 5.74) is 3.96. The number of carbonyl (C=O) groups excluding carboxylic acids is 2. The molecule has 172 valence electrons. The number of hydrogen-bond acceptors (Lipinski definition) is 5. The van der Waals surface area contributed by atoms with E-state index in [9.17, 15) is 19.1 Å². The number of aromatic nitrogens is 1. The fraction of sp³-hybridized carbons (Fsp3) is 0.478. The Bertz CT molecular complexity index is 1020. The van der Waals surface area contributed by atoms with Gasteiger partial charge in [-0.05, 0) is 43.2 Å². The van der Waals surface area contributed by atoms with E-state index in [4.69, 9.17) is 4.74 Å². The summed E-state index contributed by atoms with van der Waals surface area (Å²) in [6.45, 7) is 7.10. The predicted octanol–water partition coefficient (Wildman–Crippen LogP) is 1.47. The number of halogens is 1. The molecule has 1 aromatic heterocycles. The van der Waals surface area contributed by atoms with Gasteiger partial charge in [-0.25, -0.2) is 4.39 Å². The van der Waals surface area contributed by atoms with Crippen LogP contribution < -0.4 is 10.6 Å². The number of hydrogen-bond donors (Lipinski definition) is 4. The second-order valence-corrected chi connectivity index (χ2v) is 8.48. The third-order valence-electron chi connectivity index (χ3n) is 6.21. The largest absolute Gasteiger partial charge is 0.390 e. The highest BCUT2D eigenvalue weighted by atomic mass is 19.1. The molecular formula is C23H29FN4O4. The van der Waals surface area contributed by atoms with Crippen LogP contribution in [0.25, 0.3) is 0 Å². The summed E-state index contributed by atoms with van der Waals surface area (Å²) >= 11 is 0. The number of fused-ring (bicyclic) bond motifs is 1. The van der Waals surface area contributed by atoms with Gasteiger partial charge in [0.1, 0.15) is 5.82 Å². The second-order valence-electron chi connectivity index (χ2n) is 8.48. The van der Waals surface area contributed by atoms with Gasteiger partial charge >= 0.3 is 0 Å². The van der Waals surface area contributed by atoms with Crippen molar-refractivity contribution in [1.29, 1.82) is 0 Å². The molecule has 0 bridgehead atoms. The lowest BCUT2D eigenvalue weighted by Crippen LogP contribution is -2.44. The minimum absolute atomic E-state index is 0.146. The van der Waals surface area contributed by atoms with Crippen molar-refractivity contribution in [3.8, 4) is 0 Å². The topological polar surface area (TPSA) is 107 Å². The van der Waals surface area contributed by atoms with Crippen molar-refractivity contribution in [2.75, 3.05) is 44.7 Å². The van der Waals surface area contributed by atoms with Gasteiger partial charge in [-0.15, -0.1) is 0 Å². The zero-order chi connectivity index (χ0) is 22.8. The number of anilines is 1. The van der Waals surface area contributed by atoms with Crippen LogP contribution in [0, 0.1) is 19.7 Å². The minimum Gasteiger partial charge on any atom is -0.390 e. The summed E-state index contributed by atoms with van der Waals surface area (Å²) in [5, 5.41) is 15.9. The van der Waals surface area contributed by atoms with Crippen molar-refractivity contribution in [1.82, 2.24) is 15.2 Å². The summed E-state index contributed by atoms with van der Waals surface area (Å²) in [4.78, 5) is 30.6. The molecule has 0 spiro atoms. The number of morpholine rings is 1. The van der Waals surface area contributed by atoms with Crippen molar-refractivity contribution < 1.29 is 23.8 Å². The average molecular weight is 445 g/mol. The Labute approximate surface area is 186 Å². The molecule has 2 atom stereocenters. The molecule has 4 N–H and O–H groups in total. The Morgan fingerprint density at radius 1 is 1.34 bits per heavy atom. The van der Waals surface area contributed by atoms with Crippen molar-refractivity contribution in [3.05, 3.63) is 52.1 Å². The Hall–Kier alpha value is -2.75. The lowest BCUT2D eigenvalue weighted by Gasteiger charge is -2.28. The number of aromatic amines is 1. The molecule has 0 saturated carbocycles. The Morgan fingerprint density at radius 2 is 2.09 bits per heavy atom. The SMILES string of the molecule is Cc1[nH]c(CC2C(=O)Nc3ccc(F)cc32)c(C)c1C(=O)NC[C@H](O)CN1CCOCC1. The zero-order valence-electron chi connectivity index (χ0n) is 18.3. The number of nitrogens with one attached hydrogen (secondary N) is 3. The molecule has 0 aliphatic carbocycles. The third kappa shape index (κ3) is 4.69. The van der Waals surface area contributed by atoms with E-state index < -0.39 is 12.0 Å². The standard InChI is InChI=1S/C23H29FN4O4/c1-13-20(10-18-17-9-15(24)3-4-19(17)27-22(18)30)26-14(2)21(13)23(31)25-11-16(29)12-28-5-7-32-8-6-28/h3-4,9,16,18,26,29H,5-8,10-12H2,1-2H3,(H,25,31)(H,27,30)/t16-,18?/m0/s1. The van der Waals surface area contributed by atoms with Gasteiger partial charge in [-0.1, -0.05) is 0 Å². The number of aliphatic hydroxyl groups excluding tert-OH is 1. The maximum absolute atomic E-state index is 13.7. The van der Waals surface area contributed by atoms with Gasteiger partial charge in [0.25, 0.3) is 5.91 Å². The van der Waals surface area contributed by atoms with Crippen LogP contribution in [-0.2, 0) is 16.0 Å². The summed E-state index contributed by atoms with van der Waals surface area (Å²) in [7, 11) is 0. The smallest absolute Gasteiger partial charge is 0.253 e. The lowest BCUT2D eigenvalue weighted by molar-refractivity contribution is -0.117. The van der Waals surface area contributed by atoms with Crippen molar-refractivity contribution in [2.24, 2.45) is 0 Å².